The van der Waals surface area contributed by atoms with Crippen LogP contribution < -0.4 is 14.8 Å². The Morgan fingerprint density at radius 3 is 2.88 bits per heavy atom. The maximum absolute atomic E-state index is 12.6. The number of ether oxygens (including phenoxy) is 2. The standard InChI is InChI=1S/C18H17N3O3/c1-23-13-8-16(24-2)17(20-10-13)18(22)21-15-6-4-12-7-11(9-19)3-5-14(12)15/h3,5,7-8,10,15H,4,6H2,1-2H3,(H,21,22)/t15-/m1/s1. The highest BCUT2D eigenvalue weighted by Gasteiger charge is 2.26. The van der Waals surface area contributed by atoms with Crippen LogP contribution in [0.2, 0.25) is 0 Å². The molecule has 1 aromatic heterocycles. The molecule has 2 aromatic rings. The molecule has 0 bridgehead atoms. The Bertz CT molecular complexity index is 827. The van der Waals surface area contributed by atoms with Gasteiger partial charge in [-0.2, -0.15) is 5.26 Å². The van der Waals surface area contributed by atoms with Crippen LogP contribution in [0.15, 0.2) is 30.5 Å². The number of carbonyl (C=O) groups excluding carboxylic acids is 1. The third-order valence-corrected chi connectivity index (χ3v) is 4.15. The number of methoxy groups -OCH3 is 2. The lowest BCUT2D eigenvalue weighted by Gasteiger charge is -2.15. The van der Waals surface area contributed by atoms with Crippen LogP contribution >= 0.6 is 0 Å². The number of rotatable bonds is 4. The lowest BCUT2D eigenvalue weighted by atomic mass is 10.1. The highest BCUT2D eigenvalue weighted by molar-refractivity contribution is 5.95. The van der Waals surface area contributed by atoms with Gasteiger partial charge in [-0.05, 0) is 36.1 Å². The number of nitriles is 1. The summed E-state index contributed by atoms with van der Waals surface area (Å²) in [6, 6.07) is 9.24. The molecule has 1 aliphatic rings. The van der Waals surface area contributed by atoms with E-state index in [0.717, 1.165) is 24.0 Å². The zero-order valence-electron chi connectivity index (χ0n) is 13.5. The molecule has 24 heavy (non-hydrogen) atoms. The van der Waals surface area contributed by atoms with Crippen LogP contribution in [0.1, 0.15) is 39.6 Å². The number of nitrogens with one attached hydrogen (secondary N) is 1. The Balaban J connectivity index is 1.81. The van der Waals surface area contributed by atoms with Crippen LogP contribution in [-0.4, -0.2) is 25.1 Å². The van der Waals surface area contributed by atoms with Crippen molar-refractivity contribution >= 4 is 5.91 Å². The van der Waals surface area contributed by atoms with Crippen LogP contribution in [0.5, 0.6) is 11.5 Å². The predicted molar refractivity (Wildman–Crippen MR) is 87.0 cm³/mol. The van der Waals surface area contributed by atoms with Crippen molar-refractivity contribution in [2.45, 2.75) is 18.9 Å². The van der Waals surface area contributed by atoms with Crippen molar-refractivity contribution in [1.82, 2.24) is 10.3 Å². The van der Waals surface area contributed by atoms with E-state index in [1.54, 1.807) is 12.1 Å². The molecule has 0 unspecified atom stereocenters. The molecule has 1 aromatic carbocycles. The molecule has 0 spiro atoms. The lowest BCUT2D eigenvalue weighted by molar-refractivity contribution is 0.0928. The Hall–Kier alpha value is -3.07. The molecule has 3 rings (SSSR count). The number of hydrogen-bond donors (Lipinski definition) is 1. The third-order valence-electron chi connectivity index (χ3n) is 4.15. The molecule has 0 radical (unpaired) electrons. The van der Waals surface area contributed by atoms with E-state index in [1.165, 1.54) is 20.4 Å². The van der Waals surface area contributed by atoms with Gasteiger partial charge in [-0.1, -0.05) is 6.07 Å². The Morgan fingerprint density at radius 2 is 2.17 bits per heavy atom. The summed E-state index contributed by atoms with van der Waals surface area (Å²) < 4.78 is 10.3. The number of carbonyl (C=O) groups is 1. The molecule has 6 heteroatoms. The Morgan fingerprint density at radius 1 is 1.33 bits per heavy atom. The van der Waals surface area contributed by atoms with Gasteiger partial charge >= 0.3 is 0 Å². The van der Waals surface area contributed by atoms with E-state index in [4.69, 9.17) is 14.7 Å². The zero-order chi connectivity index (χ0) is 17.1. The van der Waals surface area contributed by atoms with Crippen LogP contribution in [0.25, 0.3) is 0 Å². The first-order valence-electron chi connectivity index (χ1n) is 7.58. The van der Waals surface area contributed by atoms with E-state index < -0.39 is 0 Å². The van der Waals surface area contributed by atoms with Gasteiger partial charge in [0.25, 0.3) is 5.91 Å². The van der Waals surface area contributed by atoms with Crippen molar-refractivity contribution in [3.63, 3.8) is 0 Å². The lowest BCUT2D eigenvalue weighted by Crippen LogP contribution is -2.28. The first-order chi connectivity index (χ1) is 11.7. The maximum atomic E-state index is 12.6. The number of fused-ring (bicyclic) bond motifs is 1. The Labute approximate surface area is 140 Å². The first-order valence-corrected chi connectivity index (χ1v) is 7.58. The first kappa shape index (κ1) is 15.8. The van der Waals surface area contributed by atoms with Gasteiger partial charge in [0.2, 0.25) is 0 Å². The summed E-state index contributed by atoms with van der Waals surface area (Å²) in [6.07, 6.45) is 3.12. The highest BCUT2D eigenvalue weighted by atomic mass is 16.5. The molecule has 1 atom stereocenters. The molecular formula is C18H17N3O3. The zero-order valence-corrected chi connectivity index (χ0v) is 13.5. The molecule has 6 nitrogen and oxygen atoms in total. The number of benzene rings is 1. The van der Waals surface area contributed by atoms with Gasteiger partial charge in [0.05, 0.1) is 38.1 Å². The van der Waals surface area contributed by atoms with Crippen molar-refractivity contribution in [2.24, 2.45) is 0 Å². The van der Waals surface area contributed by atoms with Gasteiger partial charge < -0.3 is 14.8 Å². The average Bonchev–Trinajstić information content (AvgIpc) is 3.02. The van der Waals surface area contributed by atoms with Gasteiger partial charge in [0, 0.05) is 6.07 Å². The van der Waals surface area contributed by atoms with E-state index in [0.29, 0.717) is 17.1 Å². The van der Waals surface area contributed by atoms with Crippen molar-refractivity contribution in [3.05, 3.63) is 52.8 Å². The summed E-state index contributed by atoms with van der Waals surface area (Å²) in [5, 5.41) is 12.0. The quantitative estimate of drug-likeness (QED) is 0.934. The van der Waals surface area contributed by atoms with Gasteiger partial charge in [-0.3, -0.25) is 4.79 Å². The molecule has 0 saturated carbocycles. The van der Waals surface area contributed by atoms with Crippen LogP contribution in [0.3, 0.4) is 0 Å². The second kappa shape index (κ2) is 6.59. The van der Waals surface area contributed by atoms with E-state index in [9.17, 15) is 4.79 Å². The fourth-order valence-corrected chi connectivity index (χ4v) is 2.93. The summed E-state index contributed by atoms with van der Waals surface area (Å²) in [5.74, 6) is 0.597. The molecular weight excluding hydrogens is 306 g/mol. The monoisotopic (exact) mass is 323 g/mol. The average molecular weight is 323 g/mol. The minimum Gasteiger partial charge on any atom is -0.495 e. The summed E-state index contributed by atoms with van der Waals surface area (Å²) >= 11 is 0. The number of nitrogens with zero attached hydrogens (tertiary/aromatic N) is 2. The summed E-state index contributed by atoms with van der Waals surface area (Å²) in [6.45, 7) is 0. The van der Waals surface area contributed by atoms with Crippen molar-refractivity contribution in [2.75, 3.05) is 14.2 Å². The Kier molecular flexibility index (Phi) is 4.34. The minimum absolute atomic E-state index is 0.0890. The molecule has 1 aliphatic carbocycles. The van der Waals surface area contributed by atoms with Crippen molar-refractivity contribution in [1.29, 1.82) is 5.26 Å². The largest absolute Gasteiger partial charge is 0.495 e. The number of amides is 1. The van der Waals surface area contributed by atoms with Crippen molar-refractivity contribution < 1.29 is 14.3 Å². The second-order valence-corrected chi connectivity index (χ2v) is 5.52. The predicted octanol–water partition coefficient (Wildman–Crippen LogP) is 2.39. The number of hydrogen-bond acceptors (Lipinski definition) is 5. The normalized spacial score (nSPS) is 15.3. The van der Waals surface area contributed by atoms with Crippen LogP contribution in [0.4, 0.5) is 0 Å². The second-order valence-electron chi connectivity index (χ2n) is 5.52. The molecule has 0 fully saturated rings. The number of aryl methyl sites for hydroxylation is 1. The summed E-state index contributed by atoms with van der Waals surface area (Å²) in [7, 11) is 3.02. The summed E-state index contributed by atoms with van der Waals surface area (Å²) in [5.41, 5.74) is 3.02. The van der Waals surface area contributed by atoms with E-state index in [-0.39, 0.29) is 17.6 Å². The van der Waals surface area contributed by atoms with Gasteiger partial charge in [-0.25, -0.2) is 4.98 Å². The topological polar surface area (TPSA) is 84.2 Å². The van der Waals surface area contributed by atoms with Gasteiger partial charge in [0.15, 0.2) is 11.4 Å². The SMILES string of the molecule is COc1cnc(C(=O)N[C@@H]2CCc3cc(C#N)ccc32)c(OC)c1. The van der Waals surface area contributed by atoms with E-state index in [2.05, 4.69) is 16.4 Å². The van der Waals surface area contributed by atoms with Crippen LogP contribution in [-0.2, 0) is 6.42 Å². The van der Waals surface area contributed by atoms with E-state index in [1.807, 2.05) is 12.1 Å². The highest BCUT2D eigenvalue weighted by Crippen LogP contribution is 2.32. The molecule has 1 N–H and O–H groups in total. The van der Waals surface area contributed by atoms with Gasteiger partial charge in [-0.15, -0.1) is 0 Å². The molecule has 1 amide bonds. The molecule has 0 aliphatic heterocycles. The van der Waals surface area contributed by atoms with E-state index >= 15 is 0 Å². The van der Waals surface area contributed by atoms with Crippen molar-refractivity contribution in [3.8, 4) is 17.6 Å². The third kappa shape index (κ3) is 2.88. The van der Waals surface area contributed by atoms with Gasteiger partial charge in [0.1, 0.15) is 5.75 Å². The fraction of sp³-hybridized carbons (Fsp3) is 0.278. The molecule has 0 saturated heterocycles. The number of aromatic nitrogens is 1. The minimum atomic E-state index is -0.295. The molecule has 122 valence electrons. The fourth-order valence-electron chi connectivity index (χ4n) is 2.93. The number of pyridine rings is 1. The smallest absolute Gasteiger partial charge is 0.274 e. The van der Waals surface area contributed by atoms with Crippen LogP contribution in [0, 0.1) is 11.3 Å². The maximum Gasteiger partial charge on any atom is 0.274 e. The molecule has 1 heterocycles. The summed E-state index contributed by atoms with van der Waals surface area (Å²) in [4.78, 5) is 16.7.